The Morgan fingerprint density at radius 2 is 2.00 bits per heavy atom. The first-order valence-corrected chi connectivity index (χ1v) is 5.13. The van der Waals surface area contributed by atoms with Crippen LogP contribution in [0.3, 0.4) is 0 Å². The summed E-state index contributed by atoms with van der Waals surface area (Å²) < 4.78 is 0. The van der Waals surface area contributed by atoms with Gasteiger partial charge in [-0.2, -0.15) is 0 Å². The second-order valence-electron chi connectivity index (χ2n) is 4.64. The molecule has 0 aromatic carbocycles. The average molecular weight is 192 g/mol. The largest absolute Gasteiger partial charge is 0.360 e. The van der Waals surface area contributed by atoms with Crippen molar-refractivity contribution in [1.29, 1.82) is 0 Å². The highest BCUT2D eigenvalue weighted by Crippen LogP contribution is 2.29. The van der Waals surface area contributed by atoms with E-state index in [0.717, 1.165) is 12.4 Å². The third-order valence-electron chi connectivity index (χ3n) is 2.43. The van der Waals surface area contributed by atoms with Gasteiger partial charge in [0.05, 0.1) is 0 Å². The summed E-state index contributed by atoms with van der Waals surface area (Å²) in [6.45, 7) is 9.78. The van der Waals surface area contributed by atoms with Crippen molar-refractivity contribution in [2.45, 2.75) is 33.1 Å². The van der Waals surface area contributed by atoms with Crippen LogP contribution >= 0.6 is 0 Å². The van der Waals surface area contributed by atoms with Crippen molar-refractivity contribution in [3.8, 4) is 0 Å². The molecule has 2 nitrogen and oxygen atoms in total. The Morgan fingerprint density at radius 3 is 2.50 bits per heavy atom. The number of nitrogens with zero attached hydrogens (tertiary/aromatic N) is 2. The Labute approximate surface area is 87.0 Å². The van der Waals surface area contributed by atoms with Crippen LogP contribution in [0.5, 0.6) is 0 Å². The molecule has 1 heterocycles. The van der Waals surface area contributed by atoms with E-state index in [9.17, 15) is 0 Å². The summed E-state index contributed by atoms with van der Waals surface area (Å²) >= 11 is 0. The minimum Gasteiger partial charge on any atom is -0.360 e. The molecule has 0 atom stereocenters. The first kappa shape index (κ1) is 11.0. The summed E-state index contributed by atoms with van der Waals surface area (Å²) in [5.41, 5.74) is 1.47. The van der Waals surface area contributed by atoms with Crippen molar-refractivity contribution in [3.63, 3.8) is 0 Å². The Balaban J connectivity index is 3.16. The molecule has 1 aromatic rings. The van der Waals surface area contributed by atoms with Crippen LogP contribution in [0.25, 0.3) is 0 Å². The van der Waals surface area contributed by atoms with E-state index in [1.165, 1.54) is 5.56 Å². The molecule has 0 bridgehead atoms. The Bertz CT molecular complexity index is 299. The van der Waals surface area contributed by atoms with E-state index >= 15 is 0 Å². The molecular formula is C12H20N2. The lowest BCUT2D eigenvalue weighted by Gasteiger charge is -2.26. The summed E-state index contributed by atoms with van der Waals surface area (Å²) in [4.78, 5) is 6.62. The van der Waals surface area contributed by atoms with Gasteiger partial charge in [-0.3, -0.25) is 0 Å². The monoisotopic (exact) mass is 192 g/mol. The average Bonchev–Trinajstić information content (AvgIpc) is 2.15. The predicted octanol–water partition coefficient (Wildman–Crippen LogP) is 2.84. The number of hydrogen-bond acceptors (Lipinski definition) is 2. The molecule has 0 aliphatic heterocycles. The van der Waals surface area contributed by atoms with Crippen molar-refractivity contribution in [1.82, 2.24) is 4.98 Å². The number of hydrogen-bond donors (Lipinski definition) is 0. The summed E-state index contributed by atoms with van der Waals surface area (Å²) in [6.07, 6.45) is 1.86. The summed E-state index contributed by atoms with van der Waals surface area (Å²) in [5, 5.41) is 0. The molecule has 0 N–H and O–H groups in total. The fourth-order valence-electron chi connectivity index (χ4n) is 1.44. The smallest absolute Gasteiger partial charge is 0.131 e. The third kappa shape index (κ3) is 2.25. The molecule has 1 rings (SSSR count). The molecule has 0 saturated heterocycles. The van der Waals surface area contributed by atoms with Gasteiger partial charge in [0, 0.05) is 25.4 Å². The van der Waals surface area contributed by atoms with E-state index < -0.39 is 0 Å². The lowest BCUT2D eigenvalue weighted by atomic mass is 9.87. The maximum atomic E-state index is 4.44. The van der Waals surface area contributed by atoms with Gasteiger partial charge in [0.1, 0.15) is 5.82 Å². The molecule has 0 fully saturated rings. The fraction of sp³-hybridized carbons (Fsp3) is 0.583. The molecule has 0 unspecified atom stereocenters. The Morgan fingerprint density at radius 1 is 1.36 bits per heavy atom. The minimum absolute atomic E-state index is 0.160. The van der Waals surface area contributed by atoms with E-state index in [1.54, 1.807) is 0 Å². The van der Waals surface area contributed by atoms with Crippen LogP contribution in [-0.4, -0.2) is 18.6 Å². The zero-order chi connectivity index (χ0) is 10.8. The zero-order valence-electron chi connectivity index (χ0n) is 9.83. The summed E-state index contributed by atoms with van der Waals surface area (Å²) in [7, 11) is 2.08. The molecule has 2 heteroatoms. The second kappa shape index (κ2) is 3.99. The van der Waals surface area contributed by atoms with Crippen molar-refractivity contribution in [2.75, 3.05) is 18.5 Å². The summed E-state index contributed by atoms with van der Waals surface area (Å²) in [5.74, 6) is 1.10. The molecule has 0 amide bonds. The number of rotatable bonds is 2. The van der Waals surface area contributed by atoms with E-state index in [-0.39, 0.29) is 5.41 Å². The highest BCUT2D eigenvalue weighted by atomic mass is 15.2. The normalized spacial score (nSPS) is 11.5. The van der Waals surface area contributed by atoms with E-state index in [2.05, 4.69) is 50.7 Å². The van der Waals surface area contributed by atoms with Crippen molar-refractivity contribution < 1.29 is 0 Å². The fourth-order valence-corrected chi connectivity index (χ4v) is 1.44. The zero-order valence-corrected chi connectivity index (χ0v) is 9.83. The van der Waals surface area contributed by atoms with Crippen LogP contribution in [0.15, 0.2) is 18.3 Å². The van der Waals surface area contributed by atoms with Crippen molar-refractivity contribution >= 4 is 5.82 Å². The van der Waals surface area contributed by atoms with Crippen molar-refractivity contribution in [2.24, 2.45) is 0 Å². The second-order valence-corrected chi connectivity index (χ2v) is 4.64. The molecule has 0 saturated carbocycles. The van der Waals surface area contributed by atoms with Gasteiger partial charge in [0.15, 0.2) is 0 Å². The molecule has 78 valence electrons. The maximum absolute atomic E-state index is 4.44. The van der Waals surface area contributed by atoms with Crippen LogP contribution in [0, 0.1) is 0 Å². The van der Waals surface area contributed by atoms with Crippen LogP contribution in [-0.2, 0) is 5.41 Å². The number of anilines is 1. The molecule has 0 radical (unpaired) electrons. The van der Waals surface area contributed by atoms with Gasteiger partial charge in [-0.25, -0.2) is 4.98 Å². The van der Waals surface area contributed by atoms with Gasteiger partial charge in [0.2, 0.25) is 0 Å². The standard InChI is InChI=1S/C12H20N2/c1-6-14(5)11-10(12(2,3)4)8-7-9-13-11/h7-9H,6H2,1-5H3. The molecule has 0 spiro atoms. The van der Waals surface area contributed by atoms with Gasteiger partial charge in [-0.1, -0.05) is 26.8 Å². The van der Waals surface area contributed by atoms with E-state index in [4.69, 9.17) is 0 Å². The lowest BCUT2D eigenvalue weighted by Crippen LogP contribution is -2.23. The van der Waals surface area contributed by atoms with Crippen LogP contribution in [0.2, 0.25) is 0 Å². The van der Waals surface area contributed by atoms with Crippen LogP contribution in [0.1, 0.15) is 33.3 Å². The maximum Gasteiger partial charge on any atom is 0.131 e. The van der Waals surface area contributed by atoms with Crippen molar-refractivity contribution in [3.05, 3.63) is 23.9 Å². The van der Waals surface area contributed by atoms with E-state index in [1.807, 2.05) is 12.3 Å². The molecule has 0 aliphatic carbocycles. The lowest BCUT2D eigenvalue weighted by molar-refractivity contribution is 0.586. The molecule has 14 heavy (non-hydrogen) atoms. The van der Waals surface area contributed by atoms with Crippen LogP contribution < -0.4 is 4.90 Å². The van der Waals surface area contributed by atoms with Gasteiger partial charge in [0.25, 0.3) is 0 Å². The Kier molecular flexibility index (Phi) is 3.14. The highest BCUT2D eigenvalue weighted by Gasteiger charge is 2.19. The first-order chi connectivity index (χ1) is 6.46. The van der Waals surface area contributed by atoms with Crippen LogP contribution in [0.4, 0.5) is 5.82 Å². The molecule has 1 aromatic heterocycles. The molecule has 0 aliphatic rings. The minimum atomic E-state index is 0.160. The first-order valence-electron chi connectivity index (χ1n) is 5.13. The molecular weight excluding hydrogens is 172 g/mol. The number of pyridine rings is 1. The Hall–Kier alpha value is -1.05. The topological polar surface area (TPSA) is 16.1 Å². The van der Waals surface area contributed by atoms with Gasteiger partial charge >= 0.3 is 0 Å². The van der Waals surface area contributed by atoms with Gasteiger partial charge in [-0.15, -0.1) is 0 Å². The SMILES string of the molecule is CCN(C)c1ncccc1C(C)(C)C. The predicted molar refractivity (Wildman–Crippen MR) is 61.9 cm³/mol. The quantitative estimate of drug-likeness (QED) is 0.716. The third-order valence-corrected chi connectivity index (χ3v) is 2.43. The van der Waals surface area contributed by atoms with Gasteiger partial charge < -0.3 is 4.90 Å². The summed E-state index contributed by atoms with van der Waals surface area (Å²) in [6, 6.07) is 4.17. The van der Waals surface area contributed by atoms with E-state index in [0.29, 0.717) is 0 Å². The van der Waals surface area contributed by atoms with Gasteiger partial charge in [-0.05, 0) is 18.4 Å². The number of aromatic nitrogens is 1. The highest BCUT2D eigenvalue weighted by molar-refractivity contribution is 5.49.